The van der Waals surface area contributed by atoms with E-state index in [4.69, 9.17) is 0 Å². The van der Waals surface area contributed by atoms with Crippen LogP contribution in [-0.4, -0.2) is 33.0 Å². The number of nitrogens with zero attached hydrogens (tertiary/aromatic N) is 2. The zero-order valence-corrected chi connectivity index (χ0v) is 13.0. The molecule has 1 amide bonds. The summed E-state index contributed by atoms with van der Waals surface area (Å²) in [5.74, 6) is 0.243. The van der Waals surface area contributed by atoms with E-state index in [1.807, 2.05) is 22.9 Å². The number of aliphatic hydroxyl groups excluding tert-OH is 1. The van der Waals surface area contributed by atoms with Gasteiger partial charge in [-0.05, 0) is 19.8 Å². The first kappa shape index (κ1) is 14.5. The highest BCUT2D eigenvalue weighted by Crippen LogP contribution is 2.24. The molecule has 1 aliphatic rings. The van der Waals surface area contributed by atoms with Crippen LogP contribution in [0.3, 0.4) is 0 Å². The van der Waals surface area contributed by atoms with Crippen molar-refractivity contribution in [2.75, 3.05) is 6.61 Å². The molecule has 2 unspecified atom stereocenters. The largest absolute Gasteiger partial charge is 0.396 e. The van der Waals surface area contributed by atoms with Gasteiger partial charge in [0, 0.05) is 35.8 Å². The number of aryl methyl sites for hydroxylation is 1. The van der Waals surface area contributed by atoms with Crippen molar-refractivity contribution in [1.82, 2.24) is 14.7 Å². The summed E-state index contributed by atoms with van der Waals surface area (Å²) in [5.41, 5.74) is 1.94. The third-order valence-electron chi connectivity index (χ3n) is 4.24. The molecule has 2 aromatic rings. The fourth-order valence-corrected chi connectivity index (χ4v) is 4.03. The number of hydrogen-bond acceptors (Lipinski definition) is 4. The van der Waals surface area contributed by atoms with Gasteiger partial charge in [-0.15, -0.1) is 11.3 Å². The molecule has 0 saturated heterocycles. The first-order valence-corrected chi connectivity index (χ1v) is 8.37. The van der Waals surface area contributed by atoms with E-state index in [1.165, 1.54) is 0 Å². The normalized spacial score (nSPS) is 22.6. The first-order valence-electron chi connectivity index (χ1n) is 7.49. The van der Waals surface area contributed by atoms with Crippen LogP contribution in [0.1, 0.15) is 37.1 Å². The molecule has 5 nitrogen and oxygen atoms in total. The summed E-state index contributed by atoms with van der Waals surface area (Å²) >= 11 is 1.56. The summed E-state index contributed by atoms with van der Waals surface area (Å²) in [6, 6.07) is 0.120. The lowest BCUT2D eigenvalue weighted by atomic mass is 9.85. The number of carbonyl (C=O) groups excluding carboxylic acids is 1. The maximum atomic E-state index is 12.3. The third-order valence-corrected chi connectivity index (χ3v) is 5.12. The molecular formula is C15H21N3O2S. The number of imidazole rings is 1. The lowest BCUT2D eigenvalue weighted by Crippen LogP contribution is -2.44. The van der Waals surface area contributed by atoms with Gasteiger partial charge in [-0.25, -0.2) is 4.98 Å². The lowest BCUT2D eigenvalue weighted by Gasteiger charge is -2.30. The highest BCUT2D eigenvalue weighted by Gasteiger charge is 2.26. The number of hydrogen-bond donors (Lipinski definition) is 2. The number of rotatable bonds is 4. The summed E-state index contributed by atoms with van der Waals surface area (Å²) in [5, 5.41) is 14.5. The molecule has 2 heterocycles. The smallest absolute Gasteiger partial charge is 0.226 e. The molecule has 1 saturated carbocycles. The van der Waals surface area contributed by atoms with Crippen LogP contribution in [-0.2, 0) is 11.2 Å². The van der Waals surface area contributed by atoms with Gasteiger partial charge in [0.15, 0.2) is 4.96 Å². The predicted octanol–water partition coefficient (Wildman–Crippen LogP) is 1.91. The molecule has 6 heteroatoms. The Morgan fingerprint density at radius 2 is 2.33 bits per heavy atom. The maximum Gasteiger partial charge on any atom is 0.226 e. The minimum absolute atomic E-state index is 0.0337. The van der Waals surface area contributed by atoms with Crippen molar-refractivity contribution in [3.05, 3.63) is 23.0 Å². The number of aromatic nitrogens is 2. The number of nitrogens with one attached hydrogen (secondary N) is 1. The van der Waals surface area contributed by atoms with E-state index < -0.39 is 0 Å². The van der Waals surface area contributed by atoms with Crippen molar-refractivity contribution in [3.63, 3.8) is 0 Å². The van der Waals surface area contributed by atoms with E-state index in [0.29, 0.717) is 6.42 Å². The van der Waals surface area contributed by atoms with Crippen LogP contribution in [0.5, 0.6) is 0 Å². The van der Waals surface area contributed by atoms with E-state index in [0.717, 1.165) is 42.0 Å². The van der Waals surface area contributed by atoms with Crippen LogP contribution < -0.4 is 5.32 Å². The molecule has 0 radical (unpaired) electrons. The first-order chi connectivity index (χ1) is 10.2. The Hall–Kier alpha value is -1.40. The summed E-state index contributed by atoms with van der Waals surface area (Å²) in [7, 11) is 0. The molecule has 21 heavy (non-hydrogen) atoms. The van der Waals surface area contributed by atoms with Crippen LogP contribution in [0.2, 0.25) is 0 Å². The molecule has 2 atom stereocenters. The van der Waals surface area contributed by atoms with Crippen molar-refractivity contribution in [2.45, 2.75) is 45.1 Å². The lowest BCUT2D eigenvalue weighted by molar-refractivity contribution is -0.121. The van der Waals surface area contributed by atoms with E-state index in [1.54, 1.807) is 11.3 Å². The molecule has 1 fully saturated rings. The molecule has 0 aliphatic heterocycles. The fraction of sp³-hybridized carbons (Fsp3) is 0.600. The monoisotopic (exact) mass is 307 g/mol. The molecular weight excluding hydrogens is 286 g/mol. The van der Waals surface area contributed by atoms with Crippen LogP contribution in [0, 0.1) is 12.8 Å². The van der Waals surface area contributed by atoms with E-state index >= 15 is 0 Å². The second kappa shape index (κ2) is 6.15. The molecule has 2 aromatic heterocycles. The molecule has 2 N–H and O–H groups in total. The Kier molecular flexibility index (Phi) is 4.26. The second-order valence-electron chi connectivity index (χ2n) is 5.84. The summed E-state index contributed by atoms with van der Waals surface area (Å²) in [4.78, 5) is 17.6. The average Bonchev–Trinajstić information content (AvgIpc) is 3.00. The molecule has 0 spiro atoms. The zero-order chi connectivity index (χ0) is 14.8. The SMILES string of the molecule is Cc1cn2c(CC(=O)NC3CCCCC3CO)csc2n1. The number of fused-ring (bicyclic) bond motifs is 1. The zero-order valence-electron chi connectivity index (χ0n) is 12.2. The molecule has 0 aromatic carbocycles. The number of aliphatic hydroxyl groups is 1. The standard InChI is InChI=1S/C15H21N3O2S/c1-10-7-18-12(9-21-15(18)16-10)6-14(20)17-13-5-3-2-4-11(13)8-19/h7,9,11,13,19H,2-6,8H2,1H3,(H,17,20). The van der Waals surface area contributed by atoms with Gasteiger partial charge in [0.25, 0.3) is 0 Å². The topological polar surface area (TPSA) is 66.6 Å². The summed E-state index contributed by atoms with van der Waals surface area (Å²) < 4.78 is 1.99. The summed E-state index contributed by atoms with van der Waals surface area (Å²) in [6.45, 7) is 2.12. The number of amides is 1. The predicted molar refractivity (Wildman–Crippen MR) is 82.5 cm³/mol. The highest BCUT2D eigenvalue weighted by atomic mass is 32.1. The van der Waals surface area contributed by atoms with Crippen molar-refractivity contribution in [3.8, 4) is 0 Å². The second-order valence-corrected chi connectivity index (χ2v) is 6.68. The van der Waals surface area contributed by atoms with Crippen molar-refractivity contribution < 1.29 is 9.90 Å². The van der Waals surface area contributed by atoms with Crippen molar-refractivity contribution in [2.24, 2.45) is 5.92 Å². The van der Waals surface area contributed by atoms with Gasteiger partial charge in [0.05, 0.1) is 12.1 Å². The fourth-order valence-electron chi connectivity index (χ4n) is 3.11. The Morgan fingerprint density at radius 1 is 1.52 bits per heavy atom. The third kappa shape index (κ3) is 3.11. The van der Waals surface area contributed by atoms with Crippen LogP contribution in [0.4, 0.5) is 0 Å². The van der Waals surface area contributed by atoms with Gasteiger partial charge >= 0.3 is 0 Å². The number of carbonyl (C=O) groups is 1. The quantitative estimate of drug-likeness (QED) is 0.907. The van der Waals surface area contributed by atoms with Gasteiger partial charge in [-0.1, -0.05) is 12.8 Å². The van der Waals surface area contributed by atoms with Gasteiger partial charge in [-0.3, -0.25) is 9.20 Å². The van der Waals surface area contributed by atoms with Crippen LogP contribution in [0.25, 0.3) is 4.96 Å². The average molecular weight is 307 g/mol. The van der Waals surface area contributed by atoms with Crippen molar-refractivity contribution >= 4 is 22.2 Å². The van der Waals surface area contributed by atoms with E-state index in [-0.39, 0.29) is 24.5 Å². The maximum absolute atomic E-state index is 12.3. The van der Waals surface area contributed by atoms with Crippen LogP contribution >= 0.6 is 11.3 Å². The van der Waals surface area contributed by atoms with Gasteiger partial charge in [0.1, 0.15) is 0 Å². The van der Waals surface area contributed by atoms with Gasteiger partial charge in [-0.2, -0.15) is 0 Å². The Bertz CT molecular complexity index is 634. The van der Waals surface area contributed by atoms with Crippen LogP contribution in [0.15, 0.2) is 11.6 Å². The Labute approximate surface area is 128 Å². The molecule has 1 aliphatic carbocycles. The van der Waals surface area contributed by atoms with Gasteiger partial charge < -0.3 is 10.4 Å². The van der Waals surface area contributed by atoms with Crippen molar-refractivity contribution in [1.29, 1.82) is 0 Å². The Morgan fingerprint density at radius 3 is 3.14 bits per heavy atom. The summed E-state index contributed by atoms with van der Waals surface area (Å²) in [6.07, 6.45) is 6.59. The van der Waals surface area contributed by atoms with E-state index in [9.17, 15) is 9.90 Å². The minimum Gasteiger partial charge on any atom is -0.396 e. The van der Waals surface area contributed by atoms with Gasteiger partial charge in [0.2, 0.25) is 5.91 Å². The minimum atomic E-state index is 0.0337. The number of thiazole rings is 1. The highest BCUT2D eigenvalue weighted by molar-refractivity contribution is 7.15. The molecule has 114 valence electrons. The molecule has 3 rings (SSSR count). The van der Waals surface area contributed by atoms with E-state index in [2.05, 4.69) is 10.3 Å². The molecule has 0 bridgehead atoms. The Balaban J connectivity index is 1.65.